The Morgan fingerprint density at radius 2 is 2.13 bits per heavy atom. The SMILES string of the molecule is C/C=[N+](/[O-])CC(O)COc1ccccc1. The number of aliphatic hydroxyl groups excluding tert-OH is 1. The smallest absolute Gasteiger partial charge is 0.182 e. The van der Waals surface area contributed by atoms with Crippen molar-refractivity contribution in [2.75, 3.05) is 13.2 Å². The van der Waals surface area contributed by atoms with Crippen LogP contribution >= 0.6 is 0 Å². The molecule has 1 aromatic carbocycles. The fourth-order valence-corrected chi connectivity index (χ4v) is 1.07. The zero-order valence-electron chi connectivity index (χ0n) is 8.67. The second-order valence-electron chi connectivity index (χ2n) is 3.14. The Labute approximate surface area is 89.0 Å². The maximum Gasteiger partial charge on any atom is 0.182 e. The molecule has 0 aliphatic carbocycles. The summed E-state index contributed by atoms with van der Waals surface area (Å²) >= 11 is 0. The van der Waals surface area contributed by atoms with E-state index < -0.39 is 6.10 Å². The maximum absolute atomic E-state index is 10.9. The fraction of sp³-hybridized carbons (Fsp3) is 0.364. The Balaban J connectivity index is 2.31. The molecule has 82 valence electrons. The zero-order valence-corrected chi connectivity index (χ0v) is 8.67. The minimum Gasteiger partial charge on any atom is -0.624 e. The van der Waals surface area contributed by atoms with Crippen LogP contribution in [0.25, 0.3) is 0 Å². The molecule has 0 radical (unpaired) electrons. The Kier molecular flexibility index (Phi) is 4.63. The van der Waals surface area contributed by atoms with Gasteiger partial charge in [-0.15, -0.1) is 0 Å². The molecule has 1 rings (SSSR count). The first-order valence-electron chi connectivity index (χ1n) is 4.81. The number of rotatable bonds is 5. The average molecular weight is 209 g/mol. The van der Waals surface area contributed by atoms with Gasteiger partial charge in [-0.3, -0.25) is 0 Å². The van der Waals surface area contributed by atoms with Crippen molar-refractivity contribution < 1.29 is 14.6 Å². The fourth-order valence-electron chi connectivity index (χ4n) is 1.07. The van der Waals surface area contributed by atoms with Crippen LogP contribution in [0.3, 0.4) is 0 Å². The van der Waals surface area contributed by atoms with E-state index in [0.717, 1.165) is 0 Å². The van der Waals surface area contributed by atoms with Gasteiger partial charge in [0.05, 0.1) is 0 Å². The molecule has 0 aliphatic rings. The van der Waals surface area contributed by atoms with Crippen molar-refractivity contribution in [1.82, 2.24) is 0 Å². The van der Waals surface area contributed by atoms with E-state index in [1.165, 1.54) is 6.21 Å². The first-order valence-corrected chi connectivity index (χ1v) is 4.81. The molecule has 4 heteroatoms. The van der Waals surface area contributed by atoms with Crippen LogP contribution in [0.1, 0.15) is 6.92 Å². The summed E-state index contributed by atoms with van der Waals surface area (Å²) in [4.78, 5) is 0. The van der Waals surface area contributed by atoms with Gasteiger partial charge < -0.3 is 15.1 Å². The van der Waals surface area contributed by atoms with Gasteiger partial charge >= 0.3 is 0 Å². The van der Waals surface area contributed by atoms with Crippen molar-refractivity contribution in [1.29, 1.82) is 0 Å². The number of hydrogen-bond donors (Lipinski definition) is 1. The molecule has 1 unspecified atom stereocenters. The first-order chi connectivity index (χ1) is 7.22. The van der Waals surface area contributed by atoms with E-state index in [4.69, 9.17) is 4.74 Å². The van der Waals surface area contributed by atoms with Crippen LogP contribution in [-0.4, -0.2) is 35.3 Å². The van der Waals surface area contributed by atoms with Gasteiger partial charge in [-0.2, -0.15) is 0 Å². The Morgan fingerprint density at radius 1 is 1.47 bits per heavy atom. The number of para-hydroxylation sites is 1. The standard InChI is InChI=1S/C11H15NO3/c1-2-12(14)8-10(13)9-15-11-6-4-3-5-7-11/h2-7,10,13H,8-9H2,1H3/b12-2+. The van der Waals surface area contributed by atoms with Crippen molar-refractivity contribution in [2.24, 2.45) is 0 Å². The summed E-state index contributed by atoms with van der Waals surface area (Å²) in [7, 11) is 0. The van der Waals surface area contributed by atoms with Crippen LogP contribution in [0.15, 0.2) is 30.3 Å². The van der Waals surface area contributed by atoms with Gasteiger partial charge in [-0.25, -0.2) is 4.74 Å². The minimum atomic E-state index is -0.779. The summed E-state index contributed by atoms with van der Waals surface area (Å²) in [5, 5.41) is 20.3. The molecule has 4 nitrogen and oxygen atoms in total. The second-order valence-corrected chi connectivity index (χ2v) is 3.14. The van der Waals surface area contributed by atoms with Gasteiger partial charge in [0, 0.05) is 6.92 Å². The lowest BCUT2D eigenvalue weighted by atomic mass is 10.3. The Bertz CT molecular complexity index is 311. The molecular weight excluding hydrogens is 194 g/mol. The number of ether oxygens (including phenoxy) is 1. The van der Waals surface area contributed by atoms with E-state index in [1.807, 2.05) is 18.2 Å². The van der Waals surface area contributed by atoms with Gasteiger partial charge in [0.15, 0.2) is 6.54 Å². The van der Waals surface area contributed by atoms with Crippen molar-refractivity contribution in [2.45, 2.75) is 13.0 Å². The quantitative estimate of drug-likeness (QED) is 0.341. The lowest BCUT2D eigenvalue weighted by Crippen LogP contribution is -2.27. The third-order valence-electron chi connectivity index (χ3n) is 1.86. The molecule has 0 saturated heterocycles. The third-order valence-corrected chi connectivity index (χ3v) is 1.86. The molecule has 1 aromatic rings. The van der Waals surface area contributed by atoms with Crippen LogP contribution in [0.5, 0.6) is 5.75 Å². The Hall–Kier alpha value is -1.55. The van der Waals surface area contributed by atoms with E-state index in [0.29, 0.717) is 10.5 Å². The summed E-state index contributed by atoms with van der Waals surface area (Å²) in [6.45, 7) is 1.78. The maximum atomic E-state index is 10.9. The molecule has 0 heterocycles. The highest BCUT2D eigenvalue weighted by Gasteiger charge is 2.08. The number of hydrogen-bond acceptors (Lipinski definition) is 3. The monoisotopic (exact) mass is 209 g/mol. The molecule has 0 bridgehead atoms. The first kappa shape index (κ1) is 11.5. The highest BCUT2D eigenvalue weighted by Crippen LogP contribution is 2.08. The third kappa shape index (κ3) is 4.46. The number of aliphatic hydroxyl groups is 1. The topological polar surface area (TPSA) is 55.5 Å². The van der Waals surface area contributed by atoms with E-state index in [1.54, 1.807) is 19.1 Å². The lowest BCUT2D eigenvalue weighted by Gasteiger charge is -2.11. The summed E-state index contributed by atoms with van der Waals surface area (Å²) in [6, 6.07) is 9.18. The van der Waals surface area contributed by atoms with Crippen LogP contribution in [0, 0.1) is 5.21 Å². The van der Waals surface area contributed by atoms with Crippen molar-refractivity contribution >= 4 is 6.21 Å². The second kappa shape index (κ2) is 6.03. The van der Waals surface area contributed by atoms with Gasteiger partial charge in [-0.05, 0) is 12.1 Å². The van der Waals surface area contributed by atoms with Crippen LogP contribution in [0.2, 0.25) is 0 Å². The molecule has 0 spiro atoms. The minimum absolute atomic E-state index is 0.0311. The van der Waals surface area contributed by atoms with Gasteiger partial charge in [-0.1, -0.05) is 18.2 Å². The van der Waals surface area contributed by atoms with E-state index >= 15 is 0 Å². The lowest BCUT2D eigenvalue weighted by molar-refractivity contribution is -0.465. The van der Waals surface area contributed by atoms with E-state index in [2.05, 4.69) is 0 Å². The Morgan fingerprint density at radius 3 is 2.73 bits per heavy atom. The summed E-state index contributed by atoms with van der Waals surface area (Å²) in [5.41, 5.74) is 0. The molecule has 0 fully saturated rings. The number of benzene rings is 1. The molecule has 0 aromatic heterocycles. The normalized spacial score (nSPS) is 13.6. The summed E-state index contributed by atoms with van der Waals surface area (Å²) < 4.78 is 5.96. The largest absolute Gasteiger partial charge is 0.624 e. The van der Waals surface area contributed by atoms with E-state index in [9.17, 15) is 10.3 Å². The van der Waals surface area contributed by atoms with E-state index in [-0.39, 0.29) is 13.2 Å². The molecule has 1 atom stereocenters. The molecular formula is C11H15NO3. The zero-order chi connectivity index (χ0) is 11.1. The van der Waals surface area contributed by atoms with Crippen LogP contribution in [0.4, 0.5) is 0 Å². The molecule has 1 N–H and O–H groups in total. The van der Waals surface area contributed by atoms with Crippen LogP contribution in [-0.2, 0) is 0 Å². The number of hydroxylamine groups is 1. The molecule has 0 aliphatic heterocycles. The summed E-state index contributed by atoms with van der Waals surface area (Å²) in [5.74, 6) is 0.689. The van der Waals surface area contributed by atoms with Crippen molar-refractivity contribution in [3.8, 4) is 5.75 Å². The predicted molar refractivity (Wildman–Crippen MR) is 58.2 cm³/mol. The van der Waals surface area contributed by atoms with Crippen molar-refractivity contribution in [3.05, 3.63) is 35.5 Å². The van der Waals surface area contributed by atoms with Gasteiger partial charge in [0.1, 0.15) is 24.7 Å². The molecule has 0 amide bonds. The molecule has 0 saturated carbocycles. The number of nitrogens with zero attached hydrogens (tertiary/aromatic N) is 1. The molecule has 15 heavy (non-hydrogen) atoms. The van der Waals surface area contributed by atoms with Gasteiger partial charge in [0.2, 0.25) is 0 Å². The summed E-state index contributed by atoms with van der Waals surface area (Å²) in [6.07, 6.45) is 0.588. The van der Waals surface area contributed by atoms with Crippen LogP contribution < -0.4 is 4.74 Å². The highest BCUT2D eigenvalue weighted by molar-refractivity contribution is 5.46. The highest BCUT2D eigenvalue weighted by atomic mass is 16.5. The predicted octanol–water partition coefficient (Wildman–Crippen LogP) is 1.03. The van der Waals surface area contributed by atoms with Gasteiger partial charge in [0.25, 0.3) is 0 Å². The van der Waals surface area contributed by atoms with Crippen molar-refractivity contribution in [3.63, 3.8) is 0 Å². The average Bonchev–Trinajstić information content (AvgIpc) is 2.27.